The van der Waals surface area contributed by atoms with Crippen LogP contribution in [0.1, 0.15) is 34.6 Å². The standard InChI is InChI=1S/C13H21N3O/c1-9-7-12(10(2)15-9)13(17)8-16-5-3-11(14)4-6-16/h7,11,15H,3-6,8,14H2,1-2H3. The van der Waals surface area contributed by atoms with E-state index in [2.05, 4.69) is 9.88 Å². The molecule has 3 N–H and O–H groups in total. The number of nitrogens with zero attached hydrogens (tertiary/aromatic N) is 1. The number of aromatic amines is 1. The molecule has 1 aliphatic rings. The summed E-state index contributed by atoms with van der Waals surface area (Å²) in [7, 11) is 0. The summed E-state index contributed by atoms with van der Waals surface area (Å²) in [6, 6.07) is 2.26. The van der Waals surface area contributed by atoms with E-state index in [-0.39, 0.29) is 5.78 Å². The first-order chi connectivity index (χ1) is 8.06. The van der Waals surface area contributed by atoms with Gasteiger partial charge < -0.3 is 10.7 Å². The lowest BCUT2D eigenvalue weighted by molar-refractivity contribution is 0.0909. The molecule has 0 atom stereocenters. The second kappa shape index (κ2) is 5.02. The van der Waals surface area contributed by atoms with Crippen LogP contribution in [0.4, 0.5) is 0 Å². The van der Waals surface area contributed by atoms with Gasteiger partial charge in [-0.25, -0.2) is 0 Å². The van der Waals surface area contributed by atoms with Gasteiger partial charge in [-0.15, -0.1) is 0 Å². The Morgan fingerprint density at radius 3 is 2.65 bits per heavy atom. The van der Waals surface area contributed by atoms with E-state index in [1.807, 2.05) is 19.9 Å². The number of nitrogens with one attached hydrogen (secondary N) is 1. The van der Waals surface area contributed by atoms with Gasteiger partial charge >= 0.3 is 0 Å². The maximum Gasteiger partial charge on any atom is 0.178 e. The highest BCUT2D eigenvalue weighted by molar-refractivity contribution is 5.98. The van der Waals surface area contributed by atoms with Crippen molar-refractivity contribution in [2.45, 2.75) is 32.7 Å². The van der Waals surface area contributed by atoms with Crippen molar-refractivity contribution in [1.82, 2.24) is 9.88 Å². The number of carbonyl (C=O) groups is 1. The van der Waals surface area contributed by atoms with Gasteiger partial charge in [-0.2, -0.15) is 0 Å². The van der Waals surface area contributed by atoms with E-state index in [4.69, 9.17) is 5.73 Å². The molecule has 94 valence electrons. The third-order valence-corrected chi connectivity index (χ3v) is 3.45. The third kappa shape index (κ3) is 2.96. The molecule has 0 spiro atoms. The summed E-state index contributed by atoms with van der Waals surface area (Å²) < 4.78 is 0. The Balaban J connectivity index is 1.95. The Kier molecular flexibility index (Phi) is 3.64. The Bertz CT molecular complexity index is 403. The first kappa shape index (κ1) is 12.3. The van der Waals surface area contributed by atoms with Crippen LogP contribution in [0.2, 0.25) is 0 Å². The molecule has 1 saturated heterocycles. The molecule has 2 rings (SSSR count). The predicted molar refractivity (Wildman–Crippen MR) is 68.2 cm³/mol. The first-order valence-electron chi connectivity index (χ1n) is 6.23. The number of rotatable bonds is 3. The third-order valence-electron chi connectivity index (χ3n) is 3.45. The van der Waals surface area contributed by atoms with Crippen molar-refractivity contribution >= 4 is 5.78 Å². The van der Waals surface area contributed by atoms with E-state index in [1.165, 1.54) is 0 Å². The largest absolute Gasteiger partial charge is 0.362 e. The molecule has 0 amide bonds. The van der Waals surface area contributed by atoms with Gasteiger partial charge in [-0.05, 0) is 32.8 Å². The van der Waals surface area contributed by atoms with Crippen molar-refractivity contribution in [3.05, 3.63) is 23.0 Å². The summed E-state index contributed by atoms with van der Waals surface area (Å²) in [6.45, 7) is 6.33. The van der Waals surface area contributed by atoms with Crippen LogP contribution in [0.3, 0.4) is 0 Å². The average Bonchev–Trinajstić information content (AvgIpc) is 2.61. The quantitative estimate of drug-likeness (QED) is 0.775. The fourth-order valence-corrected chi connectivity index (χ4v) is 2.41. The Morgan fingerprint density at radius 1 is 1.47 bits per heavy atom. The maximum atomic E-state index is 12.1. The van der Waals surface area contributed by atoms with E-state index in [1.54, 1.807) is 0 Å². The van der Waals surface area contributed by atoms with E-state index in [0.29, 0.717) is 12.6 Å². The van der Waals surface area contributed by atoms with Crippen LogP contribution in [0.25, 0.3) is 0 Å². The Labute approximate surface area is 102 Å². The second-order valence-corrected chi connectivity index (χ2v) is 5.03. The monoisotopic (exact) mass is 235 g/mol. The maximum absolute atomic E-state index is 12.1. The van der Waals surface area contributed by atoms with Crippen LogP contribution in [-0.4, -0.2) is 41.3 Å². The molecule has 17 heavy (non-hydrogen) atoms. The molecule has 0 radical (unpaired) electrons. The number of aryl methyl sites for hydroxylation is 2. The van der Waals surface area contributed by atoms with Gasteiger partial charge in [0.1, 0.15) is 0 Å². The smallest absolute Gasteiger partial charge is 0.178 e. The highest BCUT2D eigenvalue weighted by atomic mass is 16.1. The van der Waals surface area contributed by atoms with E-state index >= 15 is 0 Å². The lowest BCUT2D eigenvalue weighted by atomic mass is 10.0. The van der Waals surface area contributed by atoms with Crippen molar-refractivity contribution < 1.29 is 4.79 Å². The molecule has 2 heterocycles. The van der Waals surface area contributed by atoms with Crippen LogP contribution >= 0.6 is 0 Å². The molecule has 0 bridgehead atoms. The van der Waals surface area contributed by atoms with Crippen molar-refractivity contribution in [3.8, 4) is 0 Å². The normalized spacial score (nSPS) is 18.5. The number of hydrogen-bond donors (Lipinski definition) is 2. The number of piperidine rings is 1. The fraction of sp³-hybridized carbons (Fsp3) is 0.615. The Morgan fingerprint density at radius 2 is 2.12 bits per heavy atom. The first-order valence-corrected chi connectivity index (χ1v) is 6.23. The summed E-state index contributed by atoms with van der Waals surface area (Å²) in [4.78, 5) is 17.5. The molecule has 4 nitrogen and oxygen atoms in total. The van der Waals surface area contributed by atoms with E-state index < -0.39 is 0 Å². The van der Waals surface area contributed by atoms with Gasteiger partial charge in [-0.1, -0.05) is 0 Å². The molecular weight excluding hydrogens is 214 g/mol. The van der Waals surface area contributed by atoms with Crippen molar-refractivity contribution in [1.29, 1.82) is 0 Å². The summed E-state index contributed by atoms with van der Waals surface area (Å²) in [5.41, 5.74) is 8.70. The molecular formula is C13H21N3O. The zero-order chi connectivity index (χ0) is 12.4. The van der Waals surface area contributed by atoms with Crippen LogP contribution in [0.5, 0.6) is 0 Å². The summed E-state index contributed by atoms with van der Waals surface area (Å²) in [5.74, 6) is 0.210. The zero-order valence-electron chi connectivity index (χ0n) is 10.6. The van der Waals surface area contributed by atoms with Crippen molar-refractivity contribution in [3.63, 3.8) is 0 Å². The number of hydrogen-bond acceptors (Lipinski definition) is 3. The molecule has 1 aromatic rings. The molecule has 1 aliphatic heterocycles. The van der Waals surface area contributed by atoms with Gasteiger partial charge in [0.2, 0.25) is 0 Å². The molecule has 0 saturated carbocycles. The molecule has 4 heteroatoms. The predicted octanol–water partition coefficient (Wildman–Crippen LogP) is 1.24. The van der Waals surface area contributed by atoms with Gasteiger partial charge in [-0.3, -0.25) is 9.69 Å². The molecule has 0 aromatic carbocycles. The lowest BCUT2D eigenvalue weighted by Gasteiger charge is -2.29. The zero-order valence-corrected chi connectivity index (χ0v) is 10.6. The number of carbonyl (C=O) groups excluding carboxylic acids is 1. The van der Waals surface area contributed by atoms with E-state index in [9.17, 15) is 4.79 Å². The number of Topliss-reactive ketones (excluding diaryl/α,β-unsaturated/α-hetero) is 1. The summed E-state index contributed by atoms with van der Waals surface area (Å²) in [6.07, 6.45) is 2.00. The molecule has 1 fully saturated rings. The minimum absolute atomic E-state index is 0.210. The number of nitrogens with two attached hydrogens (primary N) is 1. The molecule has 0 aliphatic carbocycles. The minimum Gasteiger partial charge on any atom is -0.362 e. The van der Waals surface area contributed by atoms with Crippen molar-refractivity contribution in [2.24, 2.45) is 5.73 Å². The van der Waals surface area contributed by atoms with Gasteiger partial charge in [0.05, 0.1) is 6.54 Å². The fourth-order valence-electron chi connectivity index (χ4n) is 2.41. The minimum atomic E-state index is 0.210. The topological polar surface area (TPSA) is 62.1 Å². The number of H-pyrrole nitrogens is 1. The number of aromatic nitrogens is 1. The van der Waals surface area contributed by atoms with Gasteiger partial charge in [0.15, 0.2) is 5.78 Å². The van der Waals surface area contributed by atoms with Gasteiger partial charge in [0.25, 0.3) is 0 Å². The summed E-state index contributed by atoms with van der Waals surface area (Å²) >= 11 is 0. The highest BCUT2D eigenvalue weighted by Gasteiger charge is 2.20. The second-order valence-electron chi connectivity index (χ2n) is 5.03. The van der Waals surface area contributed by atoms with Crippen molar-refractivity contribution in [2.75, 3.05) is 19.6 Å². The Hall–Kier alpha value is -1.13. The lowest BCUT2D eigenvalue weighted by Crippen LogP contribution is -2.41. The van der Waals surface area contributed by atoms with Crippen LogP contribution < -0.4 is 5.73 Å². The number of likely N-dealkylation sites (tertiary alicyclic amines) is 1. The molecule has 1 aromatic heterocycles. The molecule has 0 unspecified atom stereocenters. The van der Waals surface area contributed by atoms with E-state index in [0.717, 1.165) is 42.9 Å². The van der Waals surface area contributed by atoms with Gasteiger partial charge in [0, 0.05) is 36.1 Å². The summed E-state index contributed by atoms with van der Waals surface area (Å²) in [5, 5.41) is 0. The number of ketones is 1. The SMILES string of the molecule is Cc1cc(C(=O)CN2CCC(N)CC2)c(C)[nH]1. The highest BCUT2D eigenvalue weighted by Crippen LogP contribution is 2.13. The average molecular weight is 235 g/mol. The van der Waals surface area contributed by atoms with Crippen LogP contribution in [0, 0.1) is 13.8 Å². The van der Waals surface area contributed by atoms with Crippen LogP contribution in [0.15, 0.2) is 6.07 Å². The van der Waals surface area contributed by atoms with Crippen LogP contribution in [-0.2, 0) is 0 Å².